The second-order valence-corrected chi connectivity index (χ2v) is 9.22. The van der Waals surface area contributed by atoms with Crippen molar-refractivity contribution in [3.05, 3.63) is 52.6 Å². The smallest absolute Gasteiger partial charge is 0.168 e. The Kier molecular flexibility index (Phi) is 6.00. The Labute approximate surface area is 187 Å². The van der Waals surface area contributed by atoms with Gasteiger partial charge in [-0.1, -0.05) is 19.0 Å². The number of aryl methyl sites for hydroxylation is 1. The van der Waals surface area contributed by atoms with Gasteiger partial charge in [-0.05, 0) is 42.5 Å². The standard InChI is InChI=1S/C25H28N2O5/c1-25(2)13-21(30)24-18(27-32-22(24)14-25)11-12-20(29)23-17(5-4-6-19(23)28)26-15-7-9-16(31-3)10-8-15/h7-10,29H,4-6,11-14H2,1-3H3/b23-20+,26-17?. The third kappa shape index (κ3) is 4.52. The Morgan fingerprint density at radius 1 is 1.16 bits per heavy atom. The Morgan fingerprint density at radius 2 is 1.91 bits per heavy atom. The van der Waals surface area contributed by atoms with Crippen LogP contribution in [0.1, 0.15) is 67.8 Å². The minimum atomic E-state index is -0.146. The van der Waals surface area contributed by atoms with E-state index in [4.69, 9.17) is 9.26 Å². The fourth-order valence-corrected chi connectivity index (χ4v) is 4.43. The monoisotopic (exact) mass is 436 g/mol. The molecule has 32 heavy (non-hydrogen) atoms. The molecule has 1 aromatic heterocycles. The van der Waals surface area contributed by atoms with Crippen LogP contribution in [0.3, 0.4) is 0 Å². The van der Waals surface area contributed by atoms with E-state index in [1.807, 2.05) is 26.0 Å². The molecule has 0 spiro atoms. The largest absolute Gasteiger partial charge is 0.511 e. The fraction of sp³-hybridized carbons (Fsp3) is 0.440. The van der Waals surface area contributed by atoms with Crippen LogP contribution in [0.4, 0.5) is 5.69 Å². The summed E-state index contributed by atoms with van der Waals surface area (Å²) in [5.41, 5.74) is 2.51. The molecule has 0 unspecified atom stereocenters. The first kappa shape index (κ1) is 22.0. The minimum Gasteiger partial charge on any atom is -0.511 e. The number of hydrogen-bond acceptors (Lipinski definition) is 7. The maximum absolute atomic E-state index is 12.6. The van der Waals surface area contributed by atoms with Crippen molar-refractivity contribution >= 4 is 23.0 Å². The highest BCUT2D eigenvalue weighted by Gasteiger charge is 2.36. The molecule has 0 saturated heterocycles. The van der Waals surface area contributed by atoms with Gasteiger partial charge in [-0.15, -0.1) is 0 Å². The van der Waals surface area contributed by atoms with E-state index in [1.54, 1.807) is 19.2 Å². The van der Waals surface area contributed by atoms with Crippen molar-refractivity contribution in [2.45, 2.75) is 58.8 Å². The zero-order valence-electron chi connectivity index (χ0n) is 18.7. The van der Waals surface area contributed by atoms with Crippen LogP contribution in [-0.2, 0) is 17.6 Å². The van der Waals surface area contributed by atoms with E-state index >= 15 is 0 Å². The predicted octanol–water partition coefficient (Wildman–Crippen LogP) is 5.11. The van der Waals surface area contributed by atoms with Gasteiger partial charge >= 0.3 is 0 Å². The molecule has 2 aromatic rings. The molecular formula is C25H28N2O5. The summed E-state index contributed by atoms with van der Waals surface area (Å²) in [6, 6.07) is 7.24. The number of carbonyl (C=O) groups excluding carboxylic acids is 2. The number of ether oxygens (including phenoxy) is 1. The Morgan fingerprint density at radius 3 is 2.62 bits per heavy atom. The van der Waals surface area contributed by atoms with Crippen LogP contribution in [0.2, 0.25) is 0 Å². The van der Waals surface area contributed by atoms with Crippen LogP contribution in [0, 0.1) is 5.41 Å². The van der Waals surface area contributed by atoms with Crippen LogP contribution in [0.15, 0.2) is 45.1 Å². The number of aromatic nitrogens is 1. The van der Waals surface area contributed by atoms with Crippen LogP contribution >= 0.6 is 0 Å². The van der Waals surface area contributed by atoms with Crippen LogP contribution in [0.5, 0.6) is 5.75 Å². The summed E-state index contributed by atoms with van der Waals surface area (Å²) in [6.45, 7) is 4.06. The van der Waals surface area contributed by atoms with E-state index in [-0.39, 0.29) is 34.7 Å². The van der Waals surface area contributed by atoms with Crippen molar-refractivity contribution in [1.29, 1.82) is 0 Å². The van der Waals surface area contributed by atoms with Crippen molar-refractivity contribution < 1.29 is 24.0 Å². The third-order valence-electron chi connectivity index (χ3n) is 6.00. The lowest BCUT2D eigenvalue weighted by atomic mass is 9.76. The number of methoxy groups -OCH3 is 1. The summed E-state index contributed by atoms with van der Waals surface area (Å²) in [4.78, 5) is 29.9. The quantitative estimate of drug-likeness (QED) is 0.516. The first-order valence-electron chi connectivity index (χ1n) is 11.0. The fourth-order valence-electron chi connectivity index (χ4n) is 4.43. The molecule has 168 valence electrons. The molecule has 1 heterocycles. The second-order valence-electron chi connectivity index (χ2n) is 9.22. The molecule has 1 fully saturated rings. The Hall–Kier alpha value is -3.22. The average Bonchev–Trinajstić information content (AvgIpc) is 3.14. The van der Waals surface area contributed by atoms with Gasteiger partial charge in [0, 0.05) is 32.1 Å². The van der Waals surface area contributed by atoms with Gasteiger partial charge in [-0.2, -0.15) is 0 Å². The highest BCUT2D eigenvalue weighted by Crippen LogP contribution is 2.36. The van der Waals surface area contributed by atoms with Crippen LogP contribution in [-0.4, -0.2) is 34.7 Å². The lowest BCUT2D eigenvalue weighted by molar-refractivity contribution is -0.115. The molecule has 7 heteroatoms. The number of aliphatic hydroxyl groups excluding tert-OH is 1. The van der Waals surface area contributed by atoms with E-state index in [0.717, 1.165) is 5.75 Å². The summed E-state index contributed by atoms with van der Waals surface area (Å²) >= 11 is 0. The number of nitrogens with zero attached hydrogens (tertiary/aromatic N) is 2. The summed E-state index contributed by atoms with van der Waals surface area (Å²) in [6.07, 6.45) is 3.31. The second kappa shape index (κ2) is 8.73. The van der Waals surface area contributed by atoms with E-state index in [2.05, 4.69) is 10.1 Å². The third-order valence-corrected chi connectivity index (χ3v) is 6.00. The van der Waals surface area contributed by atoms with Gasteiger partial charge in [0.15, 0.2) is 11.6 Å². The SMILES string of the molecule is COc1ccc(N=C2CCCC(=O)/C2=C(/O)CCc2noc3c2C(=O)CC(C)(C)C3)cc1. The summed E-state index contributed by atoms with van der Waals surface area (Å²) in [5, 5.41) is 14.9. The molecular weight excluding hydrogens is 408 g/mol. The maximum atomic E-state index is 12.6. The van der Waals surface area contributed by atoms with Crippen molar-refractivity contribution in [2.75, 3.05) is 7.11 Å². The number of Topliss-reactive ketones (excluding diaryl/α,β-unsaturated/α-hetero) is 2. The molecule has 4 rings (SSSR count). The zero-order chi connectivity index (χ0) is 22.9. The average molecular weight is 437 g/mol. The maximum Gasteiger partial charge on any atom is 0.168 e. The highest BCUT2D eigenvalue weighted by atomic mass is 16.5. The molecule has 1 saturated carbocycles. The van der Waals surface area contributed by atoms with E-state index in [9.17, 15) is 14.7 Å². The molecule has 1 aromatic carbocycles. The molecule has 2 aliphatic carbocycles. The van der Waals surface area contributed by atoms with Gasteiger partial charge in [-0.25, -0.2) is 0 Å². The molecule has 7 nitrogen and oxygen atoms in total. The number of aliphatic imine (C=N–C) groups is 1. The van der Waals surface area contributed by atoms with Gasteiger partial charge < -0.3 is 14.4 Å². The normalized spacial score (nSPS) is 20.9. The zero-order valence-corrected chi connectivity index (χ0v) is 18.7. The van der Waals surface area contributed by atoms with Gasteiger partial charge in [0.2, 0.25) is 0 Å². The highest BCUT2D eigenvalue weighted by molar-refractivity contribution is 6.24. The minimum absolute atomic E-state index is 0.0118. The number of hydrogen-bond donors (Lipinski definition) is 1. The molecule has 0 bridgehead atoms. The molecule has 2 aliphatic rings. The van der Waals surface area contributed by atoms with E-state index < -0.39 is 0 Å². The Balaban J connectivity index is 1.57. The lowest BCUT2D eigenvalue weighted by Crippen LogP contribution is -2.26. The number of allylic oxidation sites excluding steroid dienone is 2. The van der Waals surface area contributed by atoms with Crippen molar-refractivity contribution in [2.24, 2.45) is 10.4 Å². The van der Waals surface area contributed by atoms with Gasteiger partial charge in [0.25, 0.3) is 0 Å². The number of fused-ring (bicyclic) bond motifs is 1. The van der Waals surface area contributed by atoms with E-state index in [0.29, 0.717) is 66.9 Å². The number of ketones is 2. The summed E-state index contributed by atoms with van der Waals surface area (Å²) in [5.74, 6) is 1.24. The molecule has 0 radical (unpaired) electrons. The number of aliphatic hydroxyl groups is 1. The summed E-state index contributed by atoms with van der Waals surface area (Å²) < 4.78 is 10.6. The van der Waals surface area contributed by atoms with Crippen molar-refractivity contribution in [1.82, 2.24) is 5.16 Å². The lowest BCUT2D eigenvalue weighted by Gasteiger charge is -2.26. The van der Waals surface area contributed by atoms with Gasteiger partial charge in [-0.3, -0.25) is 14.6 Å². The van der Waals surface area contributed by atoms with Crippen LogP contribution < -0.4 is 4.74 Å². The first-order valence-corrected chi connectivity index (χ1v) is 11.0. The van der Waals surface area contributed by atoms with Crippen molar-refractivity contribution in [3.8, 4) is 5.75 Å². The molecule has 0 amide bonds. The number of carbonyl (C=O) groups is 2. The molecule has 1 N–H and O–H groups in total. The van der Waals surface area contributed by atoms with Crippen molar-refractivity contribution in [3.63, 3.8) is 0 Å². The predicted molar refractivity (Wildman–Crippen MR) is 120 cm³/mol. The van der Waals surface area contributed by atoms with Crippen LogP contribution in [0.25, 0.3) is 0 Å². The topological polar surface area (TPSA) is 102 Å². The molecule has 0 aliphatic heterocycles. The first-order chi connectivity index (χ1) is 15.3. The number of benzene rings is 1. The van der Waals surface area contributed by atoms with E-state index in [1.165, 1.54) is 0 Å². The van der Waals surface area contributed by atoms with Gasteiger partial charge in [0.05, 0.1) is 35.3 Å². The summed E-state index contributed by atoms with van der Waals surface area (Å²) in [7, 11) is 1.60. The Bertz CT molecular complexity index is 1110. The number of rotatable bonds is 5. The van der Waals surface area contributed by atoms with Gasteiger partial charge in [0.1, 0.15) is 17.3 Å². The molecule has 0 atom stereocenters.